The minimum absolute atomic E-state index is 0.00196. The second-order valence-corrected chi connectivity index (χ2v) is 6.55. The molecule has 4 rings (SSSR count). The molecule has 0 atom stereocenters. The quantitative estimate of drug-likeness (QED) is 0.360. The van der Waals surface area contributed by atoms with Gasteiger partial charge >= 0.3 is 0 Å². The van der Waals surface area contributed by atoms with Gasteiger partial charge in [0, 0.05) is 17.0 Å². The summed E-state index contributed by atoms with van der Waals surface area (Å²) >= 11 is 1.42. The average molecular weight is 381 g/mol. The number of rotatable bonds is 5. The number of nitrogens with zero attached hydrogens (tertiary/aromatic N) is 3. The molecule has 0 fully saturated rings. The van der Waals surface area contributed by atoms with E-state index < -0.39 is 4.92 Å². The van der Waals surface area contributed by atoms with Crippen LogP contribution in [0.1, 0.15) is 5.56 Å². The van der Waals surface area contributed by atoms with Gasteiger partial charge in [-0.15, -0.1) is 11.3 Å². The molecule has 0 spiro atoms. The molecule has 0 unspecified atom stereocenters. The maximum Gasteiger partial charge on any atom is 0.276 e. The van der Waals surface area contributed by atoms with E-state index >= 15 is 0 Å². The van der Waals surface area contributed by atoms with Crippen LogP contribution >= 0.6 is 11.3 Å². The molecule has 0 saturated carbocycles. The van der Waals surface area contributed by atoms with Gasteiger partial charge in [0.1, 0.15) is 23.6 Å². The van der Waals surface area contributed by atoms with Gasteiger partial charge < -0.3 is 4.74 Å². The van der Waals surface area contributed by atoms with Crippen molar-refractivity contribution >= 4 is 27.2 Å². The fraction of sp³-hybridized carbons (Fsp3) is 0.0526. The van der Waals surface area contributed by atoms with E-state index in [-0.39, 0.29) is 18.1 Å². The lowest BCUT2D eigenvalue weighted by molar-refractivity contribution is -0.385. The van der Waals surface area contributed by atoms with E-state index in [0.717, 1.165) is 16.0 Å². The fourth-order valence-corrected chi connectivity index (χ4v) is 3.66. The third kappa shape index (κ3) is 3.34. The highest BCUT2D eigenvalue weighted by molar-refractivity contribution is 7.17. The SMILES string of the molecule is O=[N+]([O-])c1ccccc1COc1ncnc2scc(-c3ccc(F)cc3)c12. The van der Waals surface area contributed by atoms with Gasteiger partial charge in [-0.25, -0.2) is 14.4 Å². The van der Waals surface area contributed by atoms with Crippen molar-refractivity contribution in [2.45, 2.75) is 6.61 Å². The summed E-state index contributed by atoms with van der Waals surface area (Å²) in [4.78, 5) is 19.9. The highest BCUT2D eigenvalue weighted by Crippen LogP contribution is 2.37. The minimum atomic E-state index is -0.442. The molecule has 0 aliphatic rings. The third-order valence-electron chi connectivity index (χ3n) is 4.04. The molecule has 0 aliphatic heterocycles. The second-order valence-electron chi connectivity index (χ2n) is 5.69. The van der Waals surface area contributed by atoms with Crippen LogP contribution in [-0.4, -0.2) is 14.9 Å². The Kier molecular flexibility index (Phi) is 4.47. The Morgan fingerprint density at radius 1 is 1.11 bits per heavy atom. The lowest BCUT2D eigenvalue weighted by Crippen LogP contribution is -2.02. The van der Waals surface area contributed by atoms with Gasteiger partial charge in [-0.05, 0) is 23.8 Å². The molecule has 2 heterocycles. The summed E-state index contributed by atoms with van der Waals surface area (Å²) in [5.41, 5.74) is 2.08. The van der Waals surface area contributed by atoms with Crippen LogP contribution in [0.25, 0.3) is 21.3 Å². The maximum absolute atomic E-state index is 13.2. The van der Waals surface area contributed by atoms with E-state index in [4.69, 9.17) is 4.74 Å². The molecule has 0 bridgehead atoms. The smallest absolute Gasteiger partial charge is 0.276 e. The summed E-state index contributed by atoms with van der Waals surface area (Å²) < 4.78 is 19.0. The number of fused-ring (bicyclic) bond motifs is 1. The van der Waals surface area contributed by atoms with Crippen molar-refractivity contribution in [1.82, 2.24) is 9.97 Å². The summed E-state index contributed by atoms with van der Waals surface area (Å²) in [5, 5.41) is 13.8. The van der Waals surface area contributed by atoms with Crippen LogP contribution in [-0.2, 0) is 6.61 Å². The van der Waals surface area contributed by atoms with Crippen molar-refractivity contribution in [2.75, 3.05) is 0 Å². The number of aromatic nitrogens is 2. The number of halogens is 1. The molecule has 27 heavy (non-hydrogen) atoms. The second kappa shape index (κ2) is 7.08. The Hall–Kier alpha value is -3.39. The van der Waals surface area contributed by atoms with E-state index in [2.05, 4.69) is 9.97 Å². The molecule has 2 aromatic carbocycles. The lowest BCUT2D eigenvalue weighted by atomic mass is 10.1. The number of benzene rings is 2. The first-order chi connectivity index (χ1) is 13.1. The largest absolute Gasteiger partial charge is 0.472 e. The number of hydrogen-bond donors (Lipinski definition) is 0. The van der Waals surface area contributed by atoms with Gasteiger partial charge in [0.05, 0.1) is 15.9 Å². The molecule has 6 nitrogen and oxygen atoms in total. The topological polar surface area (TPSA) is 78.2 Å². The lowest BCUT2D eigenvalue weighted by Gasteiger charge is -2.08. The summed E-state index contributed by atoms with van der Waals surface area (Å²) in [6.07, 6.45) is 1.39. The van der Waals surface area contributed by atoms with Crippen molar-refractivity contribution in [1.29, 1.82) is 0 Å². The van der Waals surface area contributed by atoms with Crippen LogP contribution in [0.4, 0.5) is 10.1 Å². The molecule has 0 N–H and O–H groups in total. The molecule has 8 heteroatoms. The van der Waals surface area contributed by atoms with Crippen LogP contribution < -0.4 is 4.74 Å². The van der Waals surface area contributed by atoms with Crippen molar-refractivity contribution in [3.8, 4) is 17.0 Å². The van der Waals surface area contributed by atoms with Crippen LogP contribution in [0.15, 0.2) is 60.2 Å². The van der Waals surface area contributed by atoms with E-state index in [9.17, 15) is 14.5 Å². The van der Waals surface area contributed by atoms with Crippen molar-refractivity contribution in [2.24, 2.45) is 0 Å². The first-order valence-electron chi connectivity index (χ1n) is 7.96. The summed E-state index contributed by atoms with van der Waals surface area (Å²) in [6.45, 7) is 0.00196. The van der Waals surface area contributed by atoms with Crippen LogP contribution in [0.2, 0.25) is 0 Å². The fourth-order valence-electron chi connectivity index (χ4n) is 2.76. The first-order valence-corrected chi connectivity index (χ1v) is 8.84. The summed E-state index contributed by atoms with van der Waals surface area (Å²) in [7, 11) is 0. The molecule has 134 valence electrons. The predicted octanol–water partition coefficient (Wildman–Crippen LogP) is 4.98. The molecule has 2 aromatic heterocycles. The molecule has 0 saturated heterocycles. The Balaban J connectivity index is 1.72. The number of ether oxygens (including phenoxy) is 1. The number of para-hydroxylation sites is 1. The number of thiophene rings is 1. The van der Waals surface area contributed by atoms with E-state index in [1.54, 1.807) is 30.3 Å². The molecular formula is C19H12FN3O3S. The van der Waals surface area contributed by atoms with Crippen molar-refractivity contribution < 1.29 is 14.1 Å². The van der Waals surface area contributed by atoms with Gasteiger partial charge in [0.2, 0.25) is 5.88 Å². The van der Waals surface area contributed by atoms with Crippen molar-refractivity contribution in [3.63, 3.8) is 0 Å². The Morgan fingerprint density at radius 2 is 1.89 bits per heavy atom. The molecule has 0 radical (unpaired) electrons. The van der Waals surface area contributed by atoms with Gasteiger partial charge in [-0.3, -0.25) is 10.1 Å². The molecule has 0 aliphatic carbocycles. The average Bonchev–Trinajstić information content (AvgIpc) is 3.12. The van der Waals surface area contributed by atoms with E-state index in [1.807, 2.05) is 5.38 Å². The number of nitro groups is 1. The Labute approximate surface area is 157 Å². The standard InChI is InChI=1S/C19H12FN3O3S/c20-14-7-5-12(6-8-14)15-10-27-19-17(15)18(21-11-22-19)26-9-13-3-1-2-4-16(13)23(24)25/h1-8,10-11H,9H2. The van der Waals surface area contributed by atoms with Gasteiger partial charge in [-0.2, -0.15) is 0 Å². The minimum Gasteiger partial charge on any atom is -0.472 e. The van der Waals surface area contributed by atoms with Gasteiger partial charge in [-0.1, -0.05) is 24.3 Å². The summed E-state index contributed by atoms with van der Waals surface area (Å²) in [5.74, 6) is 0.0149. The molecule has 4 aromatic rings. The molecular weight excluding hydrogens is 369 g/mol. The number of nitro benzene ring substituents is 1. The van der Waals surface area contributed by atoms with Crippen molar-refractivity contribution in [3.05, 3.63) is 81.7 Å². The zero-order chi connectivity index (χ0) is 18.8. The van der Waals surface area contributed by atoms with Crippen LogP contribution in [0, 0.1) is 15.9 Å². The van der Waals surface area contributed by atoms with Gasteiger partial charge in [0.15, 0.2) is 0 Å². The normalized spacial score (nSPS) is 10.9. The maximum atomic E-state index is 13.2. The predicted molar refractivity (Wildman–Crippen MR) is 100 cm³/mol. The van der Waals surface area contributed by atoms with Crippen LogP contribution in [0.5, 0.6) is 5.88 Å². The van der Waals surface area contributed by atoms with E-state index in [1.165, 1.54) is 35.9 Å². The zero-order valence-corrected chi connectivity index (χ0v) is 14.6. The first kappa shape index (κ1) is 17.0. The van der Waals surface area contributed by atoms with Gasteiger partial charge in [0.25, 0.3) is 5.69 Å². The Morgan fingerprint density at radius 3 is 2.67 bits per heavy atom. The molecule has 0 amide bonds. The van der Waals surface area contributed by atoms with Crippen LogP contribution in [0.3, 0.4) is 0 Å². The Bertz CT molecular complexity index is 1130. The highest BCUT2D eigenvalue weighted by Gasteiger charge is 2.17. The van der Waals surface area contributed by atoms with E-state index in [0.29, 0.717) is 16.8 Å². The summed E-state index contributed by atoms with van der Waals surface area (Å²) in [6, 6.07) is 12.5. The number of hydrogen-bond acceptors (Lipinski definition) is 6. The monoisotopic (exact) mass is 381 g/mol. The highest BCUT2D eigenvalue weighted by atomic mass is 32.1. The third-order valence-corrected chi connectivity index (χ3v) is 4.93. The zero-order valence-electron chi connectivity index (χ0n) is 13.8.